The minimum absolute atomic E-state index is 0.132. The van der Waals surface area contributed by atoms with E-state index in [4.69, 9.17) is 15.2 Å². The molecule has 0 unspecified atom stereocenters. The van der Waals surface area contributed by atoms with Gasteiger partial charge < -0.3 is 25.8 Å². The number of amides is 1. The minimum Gasteiger partial charge on any atom is -0.493 e. The molecule has 0 bridgehead atoms. The second-order valence-electron chi connectivity index (χ2n) is 5.90. The van der Waals surface area contributed by atoms with E-state index >= 15 is 0 Å². The Morgan fingerprint density at radius 3 is 2.54 bits per heavy atom. The smallest absolute Gasteiger partial charge is 0.251 e. The van der Waals surface area contributed by atoms with Gasteiger partial charge in [-0.2, -0.15) is 0 Å². The Bertz CT molecular complexity index is 827. The summed E-state index contributed by atoms with van der Waals surface area (Å²) in [6.07, 6.45) is 0.725. The maximum absolute atomic E-state index is 12.0. The van der Waals surface area contributed by atoms with Gasteiger partial charge in [0.1, 0.15) is 0 Å². The molecule has 0 atom stereocenters. The first-order valence-corrected chi connectivity index (χ1v) is 9.61. The largest absolute Gasteiger partial charge is 0.493 e. The lowest BCUT2D eigenvalue weighted by molar-refractivity contribution is 0.0954. The fourth-order valence-corrected chi connectivity index (χ4v) is 2.90. The Kier molecular flexibility index (Phi) is 8.61. The number of guanidine groups is 1. The van der Waals surface area contributed by atoms with Crippen LogP contribution in [0.3, 0.4) is 0 Å². The predicted molar refractivity (Wildman–Crippen MR) is 114 cm³/mol. The van der Waals surface area contributed by atoms with Gasteiger partial charge in [0.05, 0.1) is 14.2 Å². The van der Waals surface area contributed by atoms with Crippen LogP contribution in [0.2, 0.25) is 0 Å². The zero-order valence-corrected chi connectivity index (χ0v) is 17.6. The molecule has 0 fully saturated rings. The minimum atomic E-state index is -0.132. The summed E-state index contributed by atoms with van der Waals surface area (Å²) in [5, 5.41) is 5.82. The van der Waals surface area contributed by atoms with Crippen LogP contribution < -0.4 is 25.8 Å². The molecule has 0 saturated carbocycles. The molecule has 0 saturated heterocycles. The standard InChI is InChI=1S/C20H25BrN4O3/c1-27-17-7-6-14(12-18(17)28-2)8-9-24-20(22)25-11-10-23-19(26)15-4-3-5-16(21)13-15/h3-7,12-13H,8-11H2,1-2H3,(H,23,26)(H3,22,24,25). The van der Waals surface area contributed by atoms with Crippen molar-refractivity contribution in [1.29, 1.82) is 0 Å². The summed E-state index contributed by atoms with van der Waals surface area (Å²) >= 11 is 3.35. The van der Waals surface area contributed by atoms with Crippen molar-refractivity contribution in [3.63, 3.8) is 0 Å². The number of ether oxygens (including phenoxy) is 2. The first-order chi connectivity index (χ1) is 13.5. The maximum atomic E-state index is 12.0. The van der Waals surface area contributed by atoms with Gasteiger partial charge in [-0.3, -0.25) is 9.79 Å². The Balaban J connectivity index is 1.71. The van der Waals surface area contributed by atoms with Gasteiger partial charge in [-0.1, -0.05) is 28.1 Å². The average molecular weight is 449 g/mol. The summed E-state index contributed by atoms with van der Waals surface area (Å²) in [7, 11) is 3.21. The first-order valence-electron chi connectivity index (χ1n) is 8.82. The molecule has 7 nitrogen and oxygen atoms in total. The summed E-state index contributed by atoms with van der Waals surface area (Å²) in [5.41, 5.74) is 7.54. The Hall–Kier alpha value is -2.74. The molecular weight excluding hydrogens is 424 g/mol. The van der Waals surface area contributed by atoms with Crippen LogP contribution in [0.1, 0.15) is 15.9 Å². The number of rotatable bonds is 9. The fourth-order valence-electron chi connectivity index (χ4n) is 2.50. The molecule has 0 spiro atoms. The molecule has 0 heterocycles. The van der Waals surface area contributed by atoms with E-state index in [0.717, 1.165) is 16.5 Å². The van der Waals surface area contributed by atoms with Crippen LogP contribution in [0.5, 0.6) is 11.5 Å². The van der Waals surface area contributed by atoms with Crippen molar-refractivity contribution in [1.82, 2.24) is 10.6 Å². The van der Waals surface area contributed by atoms with Gasteiger partial charge in [0.2, 0.25) is 0 Å². The Labute approximate surface area is 173 Å². The number of hydrogen-bond donors (Lipinski definition) is 3. The van der Waals surface area contributed by atoms with Crippen LogP contribution in [-0.2, 0) is 6.42 Å². The van der Waals surface area contributed by atoms with Gasteiger partial charge in [0, 0.05) is 29.7 Å². The lowest BCUT2D eigenvalue weighted by atomic mass is 10.1. The molecule has 2 aromatic carbocycles. The van der Waals surface area contributed by atoms with Crippen molar-refractivity contribution < 1.29 is 14.3 Å². The molecule has 0 aliphatic heterocycles. The molecule has 8 heteroatoms. The van der Waals surface area contributed by atoms with E-state index in [1.807, 2.05) is 30.3 Å². The van der Waals surface area contributed by atoms with E-state index in [0.29, 0.717) is 42.7 Å². The number of carbonyl (C=O) groups excluding carboxylic acids is 1. The van der Waals surface area contributed by atoms with Crippen molar-refractivity contribution >= 4 is 27.8 Å². The zero-order chi connectivity index (χ0) is 20.4. The molecule has 0 aromatic heterocycles. The number of nitrogens with one attached hydrogen (secondary N) is 2. The zero-order valence-electron chi connectivity index (χ0n) is 16.0. The highest BCUT2D eigenvalue weighted by molar-refractivity contribution is 9.10. The van der Waals surface area contributed by atoms with Crippen LogP contribution in [0, 0.1) is 0 Å². The van der Waals surface area contributed by atoms with Gasteiger partial charge in [0.25, 0.3) is 5.91 Å². The first kappa shape index (κ1) is 21.6. The second-order valence-corrected chi connectivity index (χ2v) is 6.81. The topological polar surface area (TPSA) is 98.0 Å². The third-order valence-corrected chi connectivity index (χ3v) is 4.43. The molecule has 0 aliphatic carbocycles. The number of nitrogens with zero attached hydrogens (tertiary/aromatic N) is 1. The van der Waals surface area contributed by atoms with E-state index in [9.17, 15) is 4.79 Å². The molecular formula is C20H25BrN4O3. The molecule has 2 aromatic rings. The summed E-state index contributed by atoms with van der Waals surface area (Å²) in [6, 6.07) is 13.0. The number of nitrogens with two attached hydrogens (primary N) is 1. The highest BCUT2D eigenvalue weighted by atomic mass is 79.9. The van der Waals surface area contributed by atoms with Gasteiger partial charge >= 0.3 is 0 Å². The maximum Gasteiger partial charge on any atom is 0.251 e. The monoisotopic (exact) mass is 448 g/mol. The summed E-state index contributed by atoms with van der Waals surface area (Å²) in [6.45, 7) is 1.47. The number of hydrogen-bond acceptors (Lipinski definition) is 4. The summed E-state index contributed by atoms with van der Waals surface area (Å²) < 4.78 is 11.4. The summed E-state index contributed by atoms with van der Waals surface area (Å²) in [5.74, 6) is 1.60. The quantitative estimate of drug-likeness (QED) is 0.310. The highest BCUT2D eigenvalue weighted by Gasteiger charge is 2.05. The number of aliphatic imine (C=N–C) groups is 1. The van der Waals surface area contributed by atoms with Gasteiger partial charge in [0.15, 0.2) is 17.5 Å². The number of benzene rings is 2. The van der Waals surface area contributed by atoms with Crippen molar-refractivity contribution in [2.45, 2.75) is 6.42 Å². The van der Waals surface area contributed by atoms with Gasteiger partial charge in [-0.25, -0.2) is 0 Å². The number of halogens is 1. The van der Waals surface area contributed by atoms with Crippen molar-refractivity contribution in [2.24, 2.45) is 10.7 Å². The van der Waals surface area contributed by atoms with E-state index in [-0.39, 0.29) is 5.91 Å². The van der Waals surface area contributed by atoms with E-state index < -0.39 is 0 Å². The molecule has 4 N–H and O–H groups in total. The van der Waals surface area contributed by atoms with Gasteiger partial charge in [-0.05, 0) is 42.3 Å². The molecule has 0 aliphatic rings. The van der Waals surface area contributed by atoms with Crippen LogP contribution >= 0.6 is 15.9 Å². The molecule has 1 amide bonds. The lowest BCUT2D eigenvalue weighted by Crippen LogP contribution is -2.38. The van der Waals surface area contributed by atoms with Crippen LogP contribution in [0.25, 0.3) is 0 Å². The van der Waals surface area contributed by atoms with E-state index in [1.54, 1.807) is 26.4 Å². The second kappa shape index (κ2) is 11.2. The van der Waals surface area contributed by atoms with Crippen LogP contribution in [0.15, 0.2) is 51.9 Å². The van der Waals surface area contributed by atoms with E-state index in [2.05, 4.69) is 31.6 Å². The number of carbonyl (C=O) groups is 1. The SMILES string of the molecule is COc1ccc(CCN=C(N)NCCNC(=O)c2cccc(Br)c2)cc1OC. The van der Waals surface area contributed by atoms with Crippen LogP contribution in [-0.4, -0.2) is 45.7 Å². The van der Waals surface area contributed by atoms with Crippen molar-refractivity contribution in [3.05, 3.63) is 58.1 Å². The lowest BCUT2D eigenvalue weighted by Gasteiger charge is -2.09. The van der Waals surface area contributed by atoms with Crippen LogP contribution in [0.4, 0.5) is 0 Å². The Morgan fingerprint density at radius 2 is 1.82 bits per heavy atom. The third kappa shape index (κ3) is 6.77. The highest BCUT2D eigenvalue weighted by Crippen LogP contribution is 2.27. The molecule has 150 valence electrons. The Morgan fingerprint density at radius 1 is 1.07 bits per heavy atom. The van der Waals surface area contributed by atoms with E-state index in [1.165, 1.54) is 0 Å². The average Bonchev–Trinajstić information content (AvgIpc) is 2.70. The molecule has 28 heavy (non-hydrogen) atoms. The van der Waals surface area contributed by atoms with Gasteiger partial charge in [-0.15, -0.1) is 0 Å². The van der Waals surface area contributed by atoms with Crippen molar-refractivity contribution in [3.8, 4) is 11.5 Å². The molecule has 0 radical (unpaired) electrons. The van der Waals surface area contributed by atoms with Crippen molar-refractivity contribution in [2.75, 3.05) is 33.9 Å². The number of methoxy groups -OCH3 is 2. The normalized spacial score (nSPS) is 11.0. The fraction of sp³-hybridized carbons (Fsp3) is 0.300. The predicted octanol–water partition coefficient (Wildman–Crippen LogP) is 2.34. The third-order valence-electron chi connectivity index (χ3n) is 3.93. The molecule has 2 rings (SSSR count). The summed E-state index contributed by atoms with van der Waals surface area (Å²) in [4.78, 5) is 16.3.